The number of ether oxygens (including phenoxy) is 1. The van der Waals surface area contributed by atoms with Crippen molar-refractivity contribution in [2.24, 2.45) is 0 Å². The molecule has 2 aromatic carbocycles. The van der Waals surface area contributed by atoms with Gasteiger partial charge in [0.25, 0.3) is 0 Å². The van der Waals surface area contributed by atoms with Crippen LogP contribution in [-0.4, -0.2) is 29.5 Å². The van der Waals surface area contributed by atoms with Gasteiger partial charge in [-0.15, -0.1) is 0 Å². The molecule has 1 aliphatic rings. The van der Waals surface area contributed by atoms with E-state index in [1.807, 2.05) is 62.4 Å². The lowest BCUT2D eigenvalue weighted by atomic mass is 9.85. The quantitative estimate of drug-likeness (QED) is 0.748. The van der Waals surface area contributed by atoms with Gasteiger partial charge in [-0.05, 0) is 42.7 Å². The first-order valence-corrected chi connectivity index (χ1v) is 9.06. The van der Waals surface area contributed by atoms with Gasteiger partial charge in [-0.3, -0.25) is 4.79 Å². The van der Waals surface area contributed by atoms with Crippen molar-refractivity contribution in [2.45, 2.75) is 32.2 Å². The maximum absolute atomic E-state index is 12.8. The third kappa shape index (κ3) is 3.76. The fourth-order valence-electron chi connectivity index (χ4n) is 3.22. The molecule has 1 saturated heterocycles. The van der Waals surface area contributed by atoms with Gasteiger partial charge in [0, 0.05) is 16.8 Å². The molecule has 0 bridgehead atoms. The fraction of sp³-hybridized carbons (Fsp3) is 0.300. The summed E-state index contributed by atoms with van der Waals surface area (Å²) in [5, 5.41) is 0. The van der Waals surface area contributed by atoms with E-state index in [0.29, 0.717) is 0 Å². The Balaban J connectivity index is 1.96. The minimum absolute atomic E-state index is 0.119. The minimum atomic E-state index is -0.546. The van der Waals surface area contributed by atoms with Gasteiger partial charge in [0.15, 0.2) is 0 Å². The van der Waals surface area contributed by atoms with Gasteiger partial charge in [0.1, 0.15) is 6.61 Å². The van der Waals surface area contributed by atoms with E-state index >= 15 is 0 Å². The molecule has 2 atom stereocenters. The first-order chi connectivity index (χ1) is 12.0. The van der Waals surface area contributed by atoms with Crippen LogP contribution in [0.15, 0.2) is 53.0 Å². The first kappa shape index (κ1) is 17.7. The van der Waals surface area contributed by atoms with Crippen LogP contribution < -0.4 is 0 Å². The molecule has 2 aromatic rings. The second kappa shape index (κ2) is 7.40. The summed E-state index contributed by atoms with van der Waals surface area (Å²) in [5.74, 6) is -0.324. The largest absolute Gasteiger partial charge is 0.447 e. The molecule has 5 heteroatoms. The zero-order chi connectivity index (χ0) is 18.0. The number of amides is 2. The molecule has 0 saturated carbocycles. The van der Waals surface area contributed by atoms with Crippen molar-refractivity contribution in [1.29, 1.82) is 0 Å². The van der Waals surface area contributed by atoms with E-state index in [-0.39, 0.29) is 30.9 Å². The average molecular weight is 402 g/mol. The molecule has 2 amide bonds. The monoisotopic (exact) mass is 401 g/mol. The predicted octanol–water partition coefficient (Wildman–Crippen LogP) is 4.65. The van der Waals surface area contributed by atoms with Crippen molar-refractivity contribution >= 4 is 27.9 Å². The van der Waals surface area contributed by atoms with Crippen molar-refractivity contribution < 1.29 is 14.3 Å². The predicted molar refractivity (Wildman–Crippen MR) is 99.4 cm³/mol. The summed E-state index contributed by atoms with van der Waals surface area (Å²) < 4.78 is 5.96. The van der Waals surface area contributed by atoms with Gasteiger partial charge in [0.05, 0.1) is 6.04 Å². The van der Waals surface area contributed by atoms with Crippen molar-refractivity contribution in [2.75, 3.05) is 6.61 Å². The van der Waals surface area contributed by atoms with E-state index in [1.54, 1.807) is 0 Å². The van der Waals surface area contributed by atoms with Crippen LogP contribution in [-0.2, 0) is 9.53 Å². The van der Waals surface area contributed by atoms with Crippen LogP contribution in [0.1, 0.15) is 36.0 Å². The highest BCUT2D eigenvalue weighted by Crippen LogP contribution is 2.33. The lowest BCUT2D eigenvalue weighted by Crippen LogP contribution is -2.38. The Morgan fingerprint density at radius 1 is 1.28 bits per heavy atom. The maximum Gasteiger partial charge on any atom is 0.416 e. The Labute approximate surface area is 155 Å². The van der Waals surface area contributed by atoms with E-state index in [1.165, 1.54) is 4.90 Å². The lowest BCUT2D eigenvalue weighted by Gasteiger charge is -2.23. The van der Waals surface area contributed by atoms with E-state index in [0.717, 1.165) is 21.2 Å². The first-order valence-electron chi connectivity index (χ1n) is 8.27. The lowest BCUT2D eigenvalue weighted by molar-refractivity contribution is -0.129. The van der Waals surface area contributed by atoms with Gasteiger partial charge in [0.2, 0.25) is 5.91 Å². The number of rotatable bonds is 4. The number of halogens is 1. The zero-order valence-electron chi connectivity index (χ0n) is 14.2. The van der Waals surface area contributed by atoms with Crippen molar-refractivity contribution in [1.82, 2.24) is 4.90 Å². The number of cyclic esters (lactones) is 1. The van der Waals surface area contributed by atoms with Gasteiger partial charge in [-0.2, -0.15) is 0 Å². The number of hydrogen-bond acceptors (Lipinski definition) is 3. The second-order valence-electron chi connectivity index (χ2n) is 6.36. The summed E-state index contributed by atoms with van der Waals surface area (Å²) >= 11 is 3.52. The van der Waals surface area contributed by atoms with Crippen LogP contribution in [0.4, 0.5) is 4.79 Å². The van der Waals surface area contributed by atoms with Crippen LogP contribution in [0, 0.1) is 6.92 Å². The molecule has 0 N–H and O–H groups in total. The zero-order valence-corrected chi connectivity index (χ0v) is 15.8. The van der Waals surface area contributed by atoms with Crippen LogP contribution in [0.3, 0.4) is 0 Å². The molecule has 1 aliphatic heterocycles. The van der Waals surface area contributed by atoms with Gasteiger partial charge in [-0.1, -0.05) is 52.3 Å². The highest BCUT2D eigenvalue weighted by molar-refractivity contribution is 9.10. The minimum Gasteiger partial charge on any atom is -0.447 e. The van der Waals surface area contributed by atoms with Crippen molar-refractivity contribution in [3.8, 4) is 0 Å². The van der Waals surface area contributed by atoms with Crippen LogP contribution in [0.2, 0.25) is 0 Å². The second-order valence-corrected chi connectivity index (χ2v) is 7.27. The summed E-state index contributed by atoms with van der Waals surface area (Å²) in [4.78, 5) is 25.9. The Kier molecular flexibility index (Phi) is 5.23. The van der Waals surface area contributed by atoms with E-state index in [2.05, 4.69) is 15.9 Å². The normalized spacial score (nSPS) is 18.1. The molecule has 1 heterocycles. The molecule has 0 radical (unpaired) electrons. The number of imide groups is 1. The summed E-state index contributed by atoms with van der Waals surface area (Å²) in [6.07, 6.45) is -0.323. The molecule has 2 unspecified atom stereocenters. The molecular formula is C20H20BrNO3. The molecular weight excluding hydrogens is 382 g/mol. The number of benzene rings is 2. The van der Waals surface area contributed by atoms with Crippen molar-refractivity contribution in [3.63, 3.8) is 0 Å². The summed E-state index contributed by atoms with van der Waals surface area (Å²) in [7, 11) is 0. The van der Waals surface area contributed by atoms with Crippen LogP contribution in [0.25, 0.3) is 0 Å². The third-order valence-corrected chi connectivity index (χ3v) is 5.04. The Bertz CT molecular complexity index is 791. The Hall–Kier alpha value is -2.14. The molecule has 130 valence electrons. The topological polar surface area (TPSA) is 46.6 Å². The summed E-state index contributed by atoms with van der Waals surface area (Å²) in [6, 6.07) is 15.8. The Morgan fingerprint density at radius 2 is 2.00 bits per heavy atom. The van der Waals surface area contributed by atoms with Crippen molar-refractivity contribution in [3.05, 3.63) is 69.7 Å². The smallest absolute Gasteiger partial charge is 0.416 e. The van der Waals surface area contributed by atoms with Crippen LogP contribution >= 0.6 is 15.9 Å². The molecule has 0 spiro atoms. The summed E-state index contributed by atoms with van der Waals surface area (Å²) in [5.41, 5.74) is 3.24. The summed E-state index contributed by atoms with van der Waals surface area (Å²) in [6.45, 7) is 4.12. The standard InChI is InChI=1S/C20H20BrNO3/c1-13-8-9-16(21)10-17(13)18(15-6-4-3-5-7-15)11-19(23)22-14(2)12-25-20(22)24/h3-10,14,18H,11-12H2,1-2H3. The number of hydrogen-bond donors (Lipinski definition) is 0. The number of carbonyl (C=O) groups excluding carboxylic acids is 2. The molecule has 4 nitrogen and oxygen atoms in total. The average Bonchev–Trinajstić information content (AvgIpc) is 2.94. The number of carbonyl (C=O) groups is 2. The van der Waals surface area contributed by atoms with Gasteiger partial charge >= 0.3 is 6.09 Å². The maximum atomic E-state index is 12.8. The van der Waals surface area contributed by atoms with E-state index in [9.17, 15) is 9.59 Å². The molecule has 3 rings (SSSR count). The Morgan fingerprint density at radius 3 is 2.64 bits per heavy atom. The van der Waals surface area contributed by atoms with E-state index in [4.69, 9.17) is 4.74 Å². The molecule has 0 aromatic heterocycles. The molecule has 0 aliphatic carbocycles. The number of nitrogens with zero attached hydrogens (tertiary/aromatic N) is 1. The van der Waals surface area contributed by atoms with Gasteiger partial charge in [-0.25, -0.2) is 9.69 Å². The van der Waals surface area contributed by atoms with Crippen LogP contribution in [0.5, 0.6) is 0 Å². The number of aryl methyl sites for hydroxylation is 1. The molecule has 1 fully saturated rings. The third-order valence-electron chi connectivity index (χ3n) is 4.55. The highest BCUT2D eigenvalue weighted by Gasteiger charge is 2.36. The fourth-order valence-corrected chi connectivity index (χ4v) is 3.59. The highest BCUT2D eigenvalue weighted by atomic mass is 79.9. The van der Waals surface area contributed by atoms with Gasteiger partial charge < -0.3 is 4.74 Å². The van der Waals surface area contributed by atoms with E-state index < -0.39 is 6.09 Å². The SMILES string of the molecule is Cc1ccc(Br)cc1C(CC(=O)N1C(=O)OCC1C)c1ccccc1. The molecule has 25 heavy (non-hydrogen) atoms.